The van der Waals surface area contributed by atoms with Crippen molar-refractivity contribution in [2.24, 2.45) is 5.41 Å². The lowest BCUT2D eigenvalue weighted by molar-refractivity contribution is -0.122. The highest BCUT2D eigenvalue weighted by atomic mass is 19.1. The molecule has 1 aromatic heterocycles. The predicted octanol–water partition coefficient (Wildman–Crippen LogP) is 6.36. The van der Waals surface area contributed by atoms with Gasteiger partial charge in [-0.3, -0.25) is 9.63 Å². The van der Waals surface area contributed by atoms with Gasteiger partial charge in [-0.2, -0.15) is 0 Å². The van der Waals surface area contributed by atoms with Crippen LogP contribution in [0.1, 0.15) is 71.3 Å². The van der Waals surface area contributed by atoms with Crippen LogP contribution >= 0.6 is 0 Å². The Bertz CT molecular complexity index is 1270. The molecular formula is C31H39FN4O4. The molecule has 40 heavy (non-hydrogen) atoms. The zero-order valence-electron chi connectivity index (χ0n) is 23.8. The number of aromatic nitrogens is 2. The first-order valence-corrected chi connectivity index (χ1v) is 13.9. The van der Waals surface area contributed by atoms with E-state index in [0.29, 0.717) is 18.7 Å². The summed E-state index contributed by atoms with van der Waals surface area (Å²) < 4.78 is 19.2. The van der Waals surface area contributed by atoms with Crippen LogP contribution < -0.4 is 5.32 Å². The molecule has 5 atom stereocenters. The molecule has 1 amide bonds. The Morgan fingerprint density at radius 3 is 2.50 bits per heavy atom. The average molecular weight is 551 g/mol. The van der Waals surface area contributed by atoms with Crippen molar-refractivity contribution < 1.29 is 23.6 Å². The normalized spacial score (nSPS) is 18.9. The number of imidazole rings is 1. The number of ketones is 1. The van der Waals surface area contributed by atoms with Crippen molar-refractivity contribution in [3.63, 3.8) is 0 Å². The Morgan fingerprint density at radius 2 is 1.85 bits per heavy atom. The van der Waals surface area contributed by atoms with Crippen LogP contribution in [-0.2, 0) is 20.8 Å². The van der Waals surface area contributed by atoms with E-state index < -0.39 is 29.9 Å². The van der Waals surface area contributed by atoms with Crippen LogP contribution in [0.25, 0.3) is 11.3 Å². The quantitative estimate of drug-likeness (QED) is 0.255. The number of hydrogen-bond acceptors (Lipinski definition) is 6. The van der Waals surface area contributed by atoms with Crippen LogP contribution in [0.2, 0.25) is 0 Å². The number of benzene rings is 2. The molecule has 2 aromatic carbocycles. The molecular weight excluding hydrogens is 511 g/mol. The lowest BCUT2D eigenvalue weighted by atomic mass is 9.87. The van der Waals surface area contributed by atoms with Crippen molar-refractivity contribution in [3.05, 3.63) is 78.0 Å². The van der Waals surface area contributed by atoms with Crippen LogP contribution in [-0.4, -0.2) is 45.3 Å². The summed E-state index contributed by atoms with van der Waals surface area (Å²) in [6.07, 6.45) is 2.31. The van der Waals surface area contributed by atoms with E-state index in [0.717, 1.165) is 29.7 Å². The number of alkyl carbamates (subject to hydrolysis) is 1. The van der Waals surface area contributed by atoms with Crippen molar-refractivity contribution in [3.8, 4) is 11.3 Å². The number of nitrogens with one attached hydrogen (secondary N) is 2. The number of rotatable bonds is 12. The number of hydrogen-bond donors (Lipinski definition) is 2. The summed E-state index contributed by atoms with van der Waals surface area (Å²) >= 11 is 0. The molecule has 3 unspecified atom stereocenters. The van der Waals surface area contributed by atoms with Crippen molar-refractivity contribution in [1.29, 1.82) is 0 Å². The Kier molecular flexibility index (Phi) is 9.37. The Hall–Kier alpha value is -3.56. The van der Waals surface area contributed by atoms with Crippen LogP contribution in [0.15, 0.2) is 60.8 Å². The summed E-state index contributed by atoms with van der Waals surface area (Å²) in [5, 5.41) is 4.48. The van der Waals surface area contributed by atoms with Crippen molar-refractivity contribution in [2.45, 2.75) is 84.7 Å². The molecule has 0 radical (unpaired) electrons. The number of Topliss-reactive ketones (excluding diaryl/α,β-unsaturated/α-hetero) is 1. The minimum atomic E-state index is -0.722. The third-order valence-corrected chi connectivity index (χ3v) is 7.17. The van der Waals surface area contributed by atoms with Gasteiger partial charge < -0.3 is 15.0 Å². The molecule has 1 fully saturated rings. The summed E-state index contributed by atoms with van der Waals surface area (Å²) in [6.45, 7) is 9.96. The summed E-state index contributed by atoms with van der Waals surface area (Å²) in [4.78, 5) is 39.8. The molecule has 4 rings (SSSR count). The van der Waals surface area contributed by atoms with Gasteiger partial charge in [0.25, 0.3) is 0 Å². The highest BCUT2D eigenvalue weighted by Crippen LogP contribution is 2.35. The standard InChI is InChI=1S/C31H39FN4O4/c1-6-7-13-24(28(37)29-36(40-29)20(2)21-11-9-8-10-12-21)35-30(38)39-26(31(3,4)5)18-27-33-19-25(34-27)22-14-16-23(32)17-15-22/h8-12,14-17,19-20,24,26,29H,6-7,13,18H2,1-5H3,(H,33,34)(H,35,38)/t20-,24+,26?,29?,36?/m1/s1. The number of H-pyrrole nitrogens is 1. The monoisotopic (exact) mass is 550 g/mol. The summed E-state index contributed by atoms with van der Waals surface area (Å²) in [7, 11) is 0. The molecule has 2 heterocycles. The summed E-state index contributed by atoms with van der Waals surface area (Å²) in [5.74, 6) is 0.149. The molecule has 0 aliphatic carbocycles. The highest BCUT2D eigenvalue weighted by molar-refractivity contribution is 5.91. The first-order chi connectivity index (χ1) is 19.1. The van der Waals surface area contributed by atoms with Gasteiger partial charge in [-0.05, 0) is 54.2 Å². The third-order valence-electron chi connectivity index (χ3n) is 7.17. The van der Waals surface area contributed by atoms with Crippen molar-refractivity contribution in [2.75, 3.05) is 0 Å². The van der Waals surface area contributed by atoms with Gasteiger partial charge in [-0.15, -0.1) is 5.06 Å². The molecule has 1 aliphatic heterocycles. The van der Waals surface area contributed by atoms with E-state index in [-0.39, 0.29) is 17.6 Å². The van der Waals surface area contributed by atoms with Crippen LogP contribution in [0.5, 0.6) is 0 Å². The number of aromatic amines is 1. The van der Waals surface area contributed by atoms with Gasteiger partial charge in [0, 0.05) is 6.42 Å². The van der Waals surface area contributed by atoms with E-state index in [1.807, 2.05) is 65.0 Å². The van der Waals surface area contributed by atoms with Gasteiger partial charge in [-0.25, -0.2) is 14.2 Å². The minimum Gasteiger partial charge on any atom is -0.445 e. The fourth-order valence-electron chi connectivity index (χ4n) is 4.55. The molecule has 1 saturated heterocycles. The minimum absolute atomic E-state index is 0.0905. The number of unbranched alkanes of at least 4 members (excludes halogenated alkanes) is 1. The fourth-order valence-corrected chi connectivity index (χ4v) is 4.55. The third kappa shape index (κ3) is 7.55. The summed E-state index contributed by atoms with van der Waals surface area (Å²) in [5.41, 5.74) is 2.20. The smallest absolute Gasteiger partial charge is 0.408 e. The maximum atomic E-state index is 13.3. The first kappa shape index (κ1) is 29.4. The largest absolute Gasteiger partial charge is 0.445 e. The van der Waals surface area contributed by atoms with Crippen LogP contribution in [0.3, 0.4) is 0 Å². The van der Waals surface area contributed by atoms with Crippen molar-refractivity contribution in [1.82, 2.24) is 20.3 Å². The molecule has 8 nitrogen and oxygen atoms in total. The molecule has 9 heteroatoms. The lowest BCUT2D eigenvalue weighted by Gasteiger charge is -2.30. The number of carbonyl (C=O) groups excluding carboxylic acids is 2. The Balaban J connectivity index is 1.39. The zero-order chi connectivity index (χ0) is 28.9. The maximum Gasteiger partial charge on any atom is 0.408 e. The molecule has 0 bridgehead atoms. The lowest BCUT2D eigenvalue weighted by Crippen LogP contribution is -2.46. The zero-order valence-corrected chi connectivity index (χ0v) is 23.8. The second-order valence-electron chi connectivity index (χ2n) is 11.4. The second-order valence-corrected chi connectivity index (χ2v) is 11.4. The second kappa shape index (κ2) is 12.7. The van der Waals surface area contributed by atoms with E-state index in [9.17, 15) is 14.0 Å². The van der Waals surface area contributed by atoms with Gasteiger partial charge in [0.1, 0.15) is 17.7 Å². The topological polar surface area (TPSA) is 99.6 Å². The number of hydroxylamine groups is 2. The van der Waals surface area contributed by atoms with E-state index >= 15 is 0 Å². The Labute approximate surface area is 235 Å². The van der Waals surface area contributed by atoms with E-state index in [4.69, 9.17) is 9.57 Å². The van der Waals surface area contributed by atoms with Gasteiger partial charge in [-0.1, -0.05) is 70.9 Å². The molecule has 0 spiro atoms. The summed E-state index contributed by atoms with van der Waals surface area (Å²) in [6, 6.07) is 15.2. The number of amides is 1. The van der Waals surface area contributed by atoms with E-state index in [2.05, 4.69) is 15.3 Å². The average Bonchev–Trinajstić information content (AvgIpc) is 3.60. The van der Waals surface area contributed by atoms with Gasteiger partial charge >= 0.3 is 6.09 Å². The number of ether oxygens (including phenoxy) is 1. The van der Waals surface area contributed by atoms with Gasteiger partial charge in [0.05, 0.1) is 24.0 Å². The molecule has 3 aromatic rings. The predicted molar refractivity (Wildman–Crippen MR) is 150 cm³/mol. The Morgan fingerprint density at radius 1 is 1.15 bits per heavy atom. The number of carbonyl (C=O) groups is 2. The van der Waals surface area contributed by atoms with Crippen molar-refractivity contribution >= 4 is 11.9 Å². The molecule has 1 aliphatic rings. The number of halogens is 1. The SMILES string of the molecule is CCCC[C@H](NC(=O)OC(Cc1ncc(-c2ccc(F)cc2)[nH]1)C(C)(C)C)C(=O)C1ON1[C@H](C)c1ccccc1. The van der Waals surface area contributed by atoms with Crippen LogP contribution in [0.4, 0.5) is 9.18 Å². The number of nitrogens with zero attached hydrogens (tertiary/aromatic N) is 2. The fraction of sp³-hybridized carbons (Fsp3) is 0.452. The van der Waals surface area contributed by atoms with Crippen LogP contribution in [0, 0.1) is 11.2 Å². The van der Waals surface area contributed by atoms with E-state index in [1.54, 1.807) is 23.4 Å². The highest BCUT2D eigenvalue weighted by Gasteiger charge is 2.49. The van der Waals surface area contributed by atoms with Gasteiger partial charge in [0.2, 0.25) is 12.0 Å². The van der Waals surface area contributed by atoms with E-state index in [1.165, 1.54) is 12.1 Å². The molecule has 214 valence electrons. The first-order valence-electron chi connectivity index (χ1n) is 13.9. The maximum absolute atomic E-state index is 13.3. The molecule has 0 saturated carbocycles. The van der Waals surface area contributed by atoms with Gasteiger partial charge in [0.15, 0.2) is 0 Å². The molecule has 2 N–H and O–H groups in total.